The van der Waals surface area contributed by atoms with E-state index in [1.165, 1.54) is 22.3 Å². The zero-order valence-electron chi connectivity index (χ0n) is 23.6. The summed E-state index contributed by atoms with van der Waals surface area (Å²) in [6, 6.07) is 47.0. The Balaban J connectivity index is 1.63. The Hall–Kier alpha value is -3.85. The van der Waals surface area contributed by atoms with Crippen LogP contribution in [-0.4, -0.2) is 22.0 Å². The summed E-state index contributed by atoms with van der Waals surface area (Å²) in [4.78, 5) is 0. The van der Waals surface area contributed by atoms with Crippen LogP contribution in [0.5, 0.6) is 5.75 Å². The van der Waals surface area contributed by atoms with Gasteiger partial charge in [-0.15, -0.1) is 0 Å². The van der Waals surface area contributed by atoms with Crippen molar-refractivity contribution in [1.82, 2.24) is 0 Å². The van der Waals surface area contributed by atoms with Gasteiger partial charge in [0.2, 0.25) is 6.40 Å². The van der Waals surface area contributed by atoms with Crippen LogP contribution in [0.4, 0.5) is 0 Å². The lowest BCUT2D eigenvalue weighted by molar-refractivity contribution is -0.539. The maximum Gasteiger partial charge on any atom is 0.301 e. The highest BCUT2D eigenvalue weighted by molar-refractivity contribution is 6.47. The molecule has 1 saturated heterocycles. The molecule has 1 aliphatic heterocycles. The van der Waals surface area contributed by atoms with E-state index < -0.39 is 4.46 Å². The fourth-order valence-electron chi connectivity index (χ4n) is 6.02. The molecule has 1 fully saturated rings. The van der Waals surface area contributed by atoms with Gasteiger partial charge in [-0.2, -0.15) is 0 Å². The summed E-state index contributed by atoms with van der Waals surface area (Å²) < 4.78 is 7.44. The second-order valence-electron chi connectivity index (χ2n) is 10.9. The summed E-state index contributed by atoms with van der Waals surface area (Å²) in [5.74, 6) is 0.641. The highest BCUT2D eigenvalue weighted by Gasteiger charge is 2.40. The minimum absolute atomic E-state index is 0.0645. The van der Waals surface area contributed by atoms with E-state index in [1.807, 2.05) is 0 Å². The Labute approximate surface area is 258 Å². The molecule has 210 valence electrons. The fraction of sp³-hybridized carbons (Fsp3) is 0.184. The van der Waals surface area contributed by atoms with E-state index in [9.17, 15) is 0 Å². The Morgan fingerprint density at radius 3 is 1.36 bits per heavy atom. The van der Waals surface area contributed by atoms with Gasteiger partial charge < -0.3 is 4.74 Å². The van der Waals surface area contributed by atoms with Crippen LogP contribution >= 0.6 is 23.2 Å². The Morgan fingerprint density at radius 1 is 0.643 bits per heavy atom. The number of alkyl halides is 2. The van der Waals surface area contributed by atoms with Gasteiger partial charge in [0, 0.05) is 24.7 Å². The standard InChI is InChI=1S/C38H33Cl2NO/c1-28-25-33(35(29-15-6-2-7-16-29)30-17-8-3-9-18-30)37(42-27-41-24-14-23-38(41,39)40)34(26-28)36(31-19-10-4-11-20-31)32-21-12-5-13-22-32/h2-13,15-22,25-26,35-36H,14,23-24H2,1H3. The molecule has 0 N–H and O–H groups in total. The molecule has 2 nitrogen and oxygen atoms in total. The number of nitrogens with zero attached hydrogens (tertiary/aromatic N) is 1. The maximum absolute atomic E-state index is 6.70. The van der Waals surface area contributed by atoms with E-state index in [2.05, 4.69) is 147 Å². The number of halogens is 2. The van der Waals surface area contributed by atoms with Crippen LogP contribution in [0.3, 0.4) is 0 Å². The molecule has 0 spiro atoms. The third kappa shape index (κ3) is 6.02. The van der Waals surface area contributed by atoms with Crippen molar-refractivity contribution in [3.63, 3.8) is 0 Å². The molecule has 4 heteroatoms. The Morgan fingerprint density at radius 2 is 1.02 bits per heavy atom. The second kappa shape index (κ2) is 12.6. The number of ether oxygens (including phenoxy) is 1. The molecule has 0 atom stereocenters. The van der Waals surface area contributed by atoms with E-state index in [0.29, 0.717) is 13.0 Å². The first-order valence-electron chi connectivity index (χ1n) is 14.4. The van der Waals surface area contributed by atoms with Gasteiger partial charge in [0.05, 0.1) is 0 Å². The molecule has 5 aromatic carbocycles. The van der Waals surface area contributed by atoms with Gasteiger partial charge in [0.25, 0.3) is 0 Å². The van der Waals surface area contributed by atoms with E-state index >= 15 is 0 Å². The maximum atomic E-state index is 6.70. The average Bonchev–Trinajstić information content (AvgIpc) is 3.36. The molecule has 0 aliphatic carbocycles. The third-order valence-corrected chi connectivity index (χ3v) is 8.74. The third-order valence-electron chi connectivity index (χ3n) is 7.96. The van der Waals surface area contributed by atoms with Gasteiger partial charge in [-0.1, -0.05) is 150 Å². The van der Waals surface area contributed by atoms with Crippen molar-refractivity contribution in [2.45, 2.75) is 36.1 Å². The van der Waals surface area contributed by atoms with E-state index in [4.69, 9.17) is 27.9 Å². The zero-order chi connectivity index (χ0) is 28.9. The number of hydrogen-bond donors (Lipinski definition) is 0. The summed E-state index contributed by atoms with van der Waals surface area (Å²) in [5.41, 5.74) is 8.04. The van der Waals surface area contributed by atoms with Crippen molar-refractivity contribution in [3.8, 4) is 5.75 Å². The SMILES string of the molecule is Cc1cc(C(c2ccccc2)c2ccccc2)c(O[C-]=[N+]2CCCC2(Cl)Cl)c(C(c2ccccc2)c2ccccc2)c1. The molecule has 42 heavy (non-hydrogen) atoms. The van der Waals surface area contributed by atoms with Crippen molar-refractivity contribution in [1.29, 1.82) is 0 Å². The summed E-state index contributed by atoms with van der Waals surface area (Å²) in [7, 11) is 0. The quantitative estimate of drug-likeness (QED) is 0.0438. The van der Waals surface area contributed by atoms with Crippen LogP contribution in [0.25, 0.3) is 0 Å². The van der Waals surface area contributed by atoms with Crippen molar-refractivity contribution >= 4 is 29.6 Å². The molecule has 0 radical (unpaired) electrons. The first-order valence-corrected chi connectivity index (χ1v) is 15.2. The zero-order valence-corrected chi connectivity index (χ0v) is 25.1. The lowest BCUT2D eigenvalue weighted by Gasteiger charge is -2.33. The molecule has 6 rings (SSSR count). The van der Waals surface area contributed by atoms with Gasteiger partial charge in [-0.25, -0.2) is 0 Å². The molecule has 1 heterocycles. The van der Waals surface area contributed by atoms with Crippen LogP contribution in [0.2, 0.25) is 0 Å². The molecule has 0 aromatic heterocycles. The normalized spacial score (nSPS) is 15.4. The second-order valence-corrected chi connectivity index (χ2v) is 12.3. The lowest BCUT2D eigenvalue weighted by atomic mass is 9.79. The fourth-order valence-corrected chi connectivity index (χ4v) is 6.53. The first-order chi connectivity index (χ1) is 20.5. The molecule has 0 unspecified atom stereocenters. The molecule has 0 saturated carbocycles. The minimum atomic E-state index is -1.04. The summed E-state index contributed by atoms with van der Waals surface area (Å²) in [5, 5.41) is 0. The van der Waals surface area contributed by atoms with Gasteiger partial charge in [-0.05, 0) is 58.1 Å². The minimum Gasteiger partial charge on any atom is -0.590 e. The van der Waals surface area contributed by atoms with E-state index in [0.717, 1.165) is 28.9 Å². The molecule has 5 aromatic rings. The smallest absolute Gasteiger partial charge is 0.301 e. The van der Waals surface area contributed by atoms with Crippen molar-refractivity contribution in [2.75, 3.05) is 6.54 Å². The first kappa shape index (κ1) is 28.3. The topological polar surface area (TPSA) is 12.2 Å². The van der Waals surface area contributed by atoms with Crippen molar-refractivity contribution < 1.29 is 9.31 Å². The highest BCUT2D eigenvalue weighted by Crippen LogP contribution is 2.45. The number of aryl methyl sites for hydroxylation is 1. The largest absolute Gasteiger partial charge is 0.590 e. The van der Waals surface area contributed by atoms with Gasteiger partial charge >= 0.3 is 4.46 Å². The average molecular weight is 591 g/mol. The molecule has 0 bridgehead atoms. The Bertz CT molecular complexity index is 1470. The van der Waals surface area contributed by atoms with Crippen molar-refractivity contribution in [3.05, 3.63) is 172 Å². The molecule has 1 aliphatic rings. The number of benzene rings is 5. The van der Waals surface area contributed by atoms with Crippen LogP contribution in [0.15, 0.2) is 133 Å². The van der Waals surface area contributed by atoms with Crippen LogP contribution in [0.1, 0.15) is 63.6 Å². The van der Waals surface area contributed by atoms with Crippen molar-refractivity contribution in [2.24, 2.45) is 0 Å². The van der Waals surface area contributed by atoms with Crippen LogP contribution in [-0.2, 0) is 0 Å². The number of rotatable bonds is 8. The van der Waals surface area contributed by atoms with Crippen LogP contribution in [0, 0.1) is 6.92 Å². The number of hydrogen-bond acceptors (Lipinski definition) is 1. The molecule has 0 amide bonds. The monoisotopic (exact) mass is 589 g/mol. The predicted molar refractivity (Wildman–Crippen MR) is 173 cm³/mol. The highest BCUT2D eigenvalue weighted by atomic mass is 35.5. The van der Waals surface area contributed by atoms with Gasteiger partial charge in [0.15, 0.2) is 0 Å². The predicted octanol–water partition coefficient (Wildman–Crippen LogP) is 9.58. The van der Waals surface area contributed by atoms with Crippen LogP contribution < -0.4 is 4.74 Å². The summed E-state index contributed by atoms with van der Waals surface area (Å²) >= 11 is 13.3. The Kier molecular flexibility index (Phi) is 8.46. The summed E-state index contributed by atoms with van der Waals surface area (Å²) in [6.07, 6.45) is 4.71. The molecular formula is C38H33Cl2NO. The molecular weight excluding hydrogens is 557 g/mol. The van der Waals surface area contributed by atoms with Gasteiger partial charge in [-0.3, -0.25) is 4.58 Å². The lowest BCUT2D eigenvalue weighted by Crippen LogP contribution is -2.27. The van der Waals surface area contributed by atoms with E-state index in [-0.39, 0.29) is 11.8 Å². The van der Waals surface area contributed by atoms with E-state index in [1.54, 1.807) is 4.58 Å². The summed E-state index contributed by atoms with van der Waals surface area (Å²) in [6.45, 7) is 2.85. The van der Waals surface area contributed by atoms with Gasteiger partial charge in [0.1, 0.15) is 6.54 Å².